The van der Waals surface area contributed by atoms with Crippen molar-refractivity contribution in [3.63, 3.8) is 0 Å². The topological polar surface area (TPSA) is 57.7 Å². The van der Waals surface area contributed by atoms with Gasteiger partial charge in [0, 0.05) is 22.9 Å². The maximum absolute atomic E-state index is 13.6. The standard InChI is InChI=1S/C17H20FN5S/c18-12-5-4-6-14-13(11-12)15-16(19-14)20-17(22-21-15)24-10-9-23-7-2-1-3-8-23/h5-6,11H,1-4,7-10H2,(H,19,20,22). The summed E-state index contributed by atoms with van der Waals surface area (Å²) < 4.78 is 13.6. The van der Waals surface area contributed by atoms with Crippen LogP contribution in [0.2, 0.25) is 0 Å². The molecule has 0 aromatic carbocycles. The van der Waals surface area contributed by atoms with Crippen molar-refractivity contribution in [2.45, 2.75) is 30.8 Å². The molecule has 2 aromatic heterocycles. The first kappa shape index (κ1) is 15.8. The average molecular weight is 345 g/mol. The van der Waals surface area contributed by atoms with Crippen molar-refractivity contribution in [1.29, 1.82) is 0 Å². The van der Waals surface area contributed by atoms with E-state index in [1.54, 1.807) is 17.8 Å². The summed E-state index contributed by atoms with van der Waals surface area (Å²) in [6, 6.07) is 0. The highest BCUT2D eigenvalue weighted by Crippen LogP contribution is 2.15. The fourth-order valence-corrected chi connectivity index (χ4v) is 3.99. The van der Waals surface area contributed by atoms with Crippen LogP contribution in [-0.2, 0) is 0 Å². The monoisotopic (exact) mass is 345 g/mol. The van der Waals surface area contributed by atoms with Crippen LogP contribution < -0.4 is 10.6 Å². The van der Waals surface area contributed by atoms with Gasteiger partial charge in [0.2, 0.25) is 5.16 Å². The highest BCUT2D eigenvalue weighted by molar-refractivity contribution is 7.99. The van der Waals surface area contributed by atoms with Gasteiger partial charge < -0.3 is 9.88 Å². The van der Waals surface area contributed by atoms with E-state index in [9.17, 15) is 4.39 Å². The number of piperidine rings is 1. The van der Waals surface area contributed by atoms with Gasteiger partial charge in [0.25, 0.3) is 0 Å². The molecule has 7 heteroatoms. The Labute approximate surface area is 143 Å². The van der Waals surface area contributed by atoms with Crippen molar-refractivity contribution >= 4 is 35.1 Å². The molecule has 4 rings (SSSR count). The molecule has 2 aliphatic rings. The van der Waals surface area contributed by atoms with Gasteiger partial charge in [-0.2, -0.15) is 0 Å². The first-order valence-corrected chi connectivity index (χ1v) is 9.43. The number of halogens is 1. The molecule has 0 unspecified atom stereocenters. The SMILES string of the molecule is FC1=CCC=c2[nH]c3nc(SCCN4CCCCC4)nnc3c2=C1. The fourth-order valence-electron chi connectivity index (χ4n) is 3.21. The summed E-state index contributed by atoms with van der Waals surface area (Å²) >= 11 is 1.63. The van der Waals surface area contributed by atoms with Crippen LogP contribution in [0.25, 0.3) is 23.3 Å². The van der Waals surface area contributed by atoms with Crippen molar-refractivity contribution in [2.24, 2.45) is 0 Å². The van der Waals surface area contributed by atoms with Gasteiger partial charge in [-0.25, -0.2) is 9.37 Å². The Morgan fingerprint density at radius 3 is 2.92 bits per heavy atom. The molecule has 1 aliphatic carbocycles. The highest BCUT2D eigenvalue weighted by atomic mass is 32.2. The molecule has 0 saturated carbocycles. The maximum Gasteiger partial charge on any atom is 0.211 e. The Morgan fingerprint density at radius 2 is 2.04 bits per heavy atom. The van der Waals surface area contributed by atoms with Crippen LogP contribution in [0.15, 0.2) is 17.1 Å². The molecule has 1 aliphatic heterocycles. The van der Waals surface area contributed by atoms with Crippen molar-refractivity contribution in [2.75, 3.05) is 25.4 Å². The number of thioether (sulfide) groups is 1. The summed E-state index contributed by atoms with van der Waals surface area (Å²) in [6.45, 7) is 3.46. The van der Waals surface area contributed by atoms with E-state index in [1.165, 1.54) is 38.4 Å². The van der Waals surface area contributed by atoms with Gasteiger partial charge in [0.1, 0.15) is 11.3 Å². The van der Waals surface area contributed by atoms with Gasteiger partial charge in [-0.05, 0) is 44.5 Å². The van der Waals surface area contributed by atoms with Crippen molar-refractivity contribution < 1.29 is 4.39 Å². The second-order valence-corrected chi connectivity index (χ2v) is 7.23. The summed E-state index contributed by atoms with van der Waals surface area (Å²) in [5.41, 5.74) is 1.31. The molecule has 5 nitrogen and oxygen atoms in total. The Bertz CT molecular complexity index is 882. The van der Waals surface area contributed by atoms with Gasteiger partial charge in [0.15, 0.2) is 5.65 Å². The first-order valence-electron chi connectivity index (χ1n) is 8.45. The minimum Gasteiger partial charge on any atom is -0.338 e. The predicted octanol–water partition coefficient (Wildman–Crippen LogP) is 1.75. The van der Waals surface area contributed by atoms with Crippen molar-refractivity contribution in [3.05, 3.63) is 22.5 Å². The summed E-state index contributed by atoms with van der Waals surface area (Å²) in [5, 5.41) is 10.8. The van der Waals surface area contributed by atoms with Gasteiger partial charge >= 0.3 is 0 Å². The third-order valence-electron chi connectivity index (χ3n) is 4.47. The number of H-pyrrole nitrogens is 1. The van der Waals surface area contributed by atoms with Crippen molar-refractivity contribution in [1.82, 2.24) is 25.1 Å². The number of nitrogens with one attached hydrogen (secondary N) is 1. The maximum atomic E-state index is 13.6. The Kier molecular flexibility index (Phi) is 4.62. The molecular formula is C17H20FN5S. The third kappa shape index (κ3) is 3.37. The normalized spacial score (nSPS) is 18.5. The lowest BCUT2D eigenvalue weighted by Crippen LogP contribution is -2.31. The number of likely N-dealkylation sites (tertiary alicyclic amines) is 1. The quantitative estimate of drug-likeness (QED) is 0.856. The minimum absolute atomic E-state index is 0.243. The molecule has 0 radical (unpaired) electrons. The zero-order valence-corrected chi connectivity index (χ0v) is 14.3. The second kappa shape index (κ2) is 7.03. The third-order valence-corrected chi connectivity index (χ3v) is 5.29. The number of rotatable bonds is 4. The number of allylic oxidation sites excluding steroid dienone is 2. The zero-order chi connectivity index (χ0) is 16.4. The van der Waals surface area contributed by atoms with E-state index in [1.807, 2.05) is 6.08 Å². The lowest BCUT2D eigenvalue weighted by molar-refractivity contribution is 0.242. The smallest absolute Gasteiger partial charge is 0.211 e. The molecule has 1 N–H and O–H groups in total. The molecule has 2 aromatic rings. The summed E-state index contributed by atoms with van der Waals surface area (Å²) in [7, 11) is 0. The number of aromatic amines is 1. The van der Waals surface area contributed by atoms with E-state index in [4.69, 9.17) is 0 Å². The van der Waals surface area contributed by atoms with E-state index in [0.29, 0.717) is 22.7 Å². The molecular weight excluding hydrogens is 325 g/mol. The molecule has 0 bridgehead atoms. The molecule has 1 fully saturated rings. The van der Waals surface area contributed by atoms with Crippen molar-refractivity contribution in [3.8, 4) is 0 Å². The number of hydrogen-bond acceptors (Lipinski definition) is 5. The minimum atomic E-state index is -0.243. The Balaban J connectivity index is 1.51. The summed E-state index contributed by atoms with van der Waals surface area (Å²) in [4.78, 5) is 10.3. The molecule has 3 heterocycles. The highest BCUT2D eigenvalue weighted by Gasteiger charge is 2.12. The molecule has 1 saturated heterocycles. The van der Waals surface area contributed by atoms with Gasteiger partial charge in [0.05, 0.1) is 0 Å². The van der Waals surface area contributed by atoms with Crippen LogP contribution in [0.4, 0.5) is 4.39 Å². The molecule has 0 spiro atoms. The van der Waals surface area contributed by atoms with E-state index >= 15 is 0 Å². The van der Waals surface area contributed by atoms with E-state index in [2.05, 4.69) is 25.1 Å². The van der Waals surface area contributed by atoms with E-state index in [-0.39, 0.29) is 5.83 Å². The predicted molar refractivity (Wildman–Crippen MR) is 94.7 cm³/mol. The van der Waals surface area contributed by atoms with Gasteiger partial charge in [-0.1, -0.05) is 24.3 Å². The van der Waals surface area contributed by atoms with Crippen LogP contribution in [0.1, 0.15) is 25.7 Å². The van der Waals surface area contributed by atoms with E-state index in [0.717, 1.165) is 22.9 Å². The van der Waals surface area contributed by atoms with E-state index < -0.39 is 0 Å². The first-order chi connectivity index (χ1) is 11.8. The van der Waals surface area contributed by atoms with Crippen LogP contribution in [0.3, 0.4) is 0 Å². The van der Waals surface area contributed by atoms with Gasteiger partial charge in [-0.15, -0.1) is 10.2 Å². The number of fused-ring (bicyclic) bond motifs is 3. The Morgan fingerprint density at radius 1 is 1.17 bits per heavy atom. The average Bonchev–Trinajstić information content (AvgIpc) is 2.81. The number of nitrogens with zero attached hydrogens (tertiary/aromatic N) is 4. The van der Waals surface area contributed by atoms with Crippen LogP contribution in [0, 0.1) is 0 Å². The second-order valence-electron chi connectivity index (χ2n) is 6.17. The lowest BCUT2D eigenvalue weighted by Gasteiger charge is -2.25. The molecule has 126 valence electrons. The Hall–Kier alpha value is -1.73. The summed E-state index contributed by atoms with van der Waals surface area (Å²) in [5.74, 6) is 0.719. The zero-order valence-electron chi connectivity index (χ0n) is 13.5. The largest absolute Gasteiger partial charge is 0.338 e. The van der Waals surface area contributed by atoms with Gasteiger partial charge in [-0.3, -0.25) is 0 Å². The number of aromatic nitrogens is 4. The lowest BCUT2D eigenvalue weighted by atomic mass is 10.1. The van der Waals surface area contributed by atoms with Crippen LogP contribution >= 0.6 is 11.8 Å². The number of hydrogen-bond donors (Lipinski definition) is 1. The van der Waals surface area contributed by atoms with Crippen LogP contribution in [0.5, 0.6) is 0 Å². The summed E-state index contributed by atoms with van der Waals surface area (Å²) in [6.07, 6.45) is 9.52. The van der Waals surface area contributed by atoms with Crippen LogP contribution in [-0.4, -0.2) is 50.5 Å². The molecule has 0 amide bonds. The molecule has 24 heavy (non-hydrogen) atoms. The fraction of sp³-hybridized carbons (Fsp3) is 0.471. The molecule has 0 atom stereocenters.